The Kier molecular flexibility index (Phi) is 6.40. The SMILES string of the molecule is C[C@H](NC(=O)c1ccc(Cl)c(S(=O)(=O)N2CCN(C)CC2)c1)c1ccc2c(c1)CCC2. The van der Waals surface area contributed by atoms with Gasteiger partial charge in [-0.05, 0) is 68.1 Å². The third-order valence-corrected chi connectivity index (χ3v) is 8.62. The lowest BCUT2D eigenvalue weighted by Gasteiger charge is -2.31. The van der Waals surface area contributed by atoms with Crippen LogP contribution in [0.15, 0.2) is 41.3 Å². The van der Waals surface area contributed by atoms with E-state index in [2.05, 4.69) is 28.4 Å². The molecule has 1 fully saturated rings. The second kappa shape index (κ2) is 8.90. The average molecular weight is 462 g/mol. The van der Waals surface area contributed by atoms with Gasteiger partial charge in [0.1, 0.15) is 4.90 Å². The number of carbonyl (C=O) groups excluding carboxylic acids is 1. The molecule has 1 amide bonds. The normalized spacial score (nSPS) is 18.5. The number of hydrogen-bond acceptors (Lipinski definition) is 4. The molecule has 1 saturated heterocycles. The number of benzene rings is 2. The molecule has 1 heterocycles. The number of nitrogens with one attached hydrogen (secondary N) is 1. The van der Waals surface area contributed by atoms with Crippen LogP contribution in [0.3, 0.4) is 0 Å². The minimum atomic E-state index is -3.76. The zero-order valence-corrected chi connectivity index (χ0v) is 19.5. The molecule has 1 aliphatic heterocycles. The fourth-order valence-electron chi connectivity index (χ4n) is 4.23. The first-order valence-electron chi connectivity index (χ1n) is 10.7. The number of piperazine rings is 1. The van der Waals surface area contributed by atoms with E-state index < -0.39 is 10.0 Å². The van der Waals surface area contributed by atoms with E-state index in [1.54, 1.807) is 6.07 Å². The van der Waals surface area contributed by atoms with Crippen molar-refractivity contribution in [2.45, 2.75) is 37.1 Å². The van der Waals surface area contributed by atoms with E-state index >= 15 is 0 Å². The number of rotatable bonds is 5. The van der Waals surface area contributed by atoms with Gasteiger partial charge in [-0.1, -0.05) is 29.8 Å². The molecule has 6 nitrogen and oxygen atoms in total. The number of aryl methyl sites for hydroxylation is 2. The first-order chi connectivity index (χ1) is 14.8. The lowest BCUT2D eigenvalue weighted by Crippen LogP contribution is -2.47. The van der Waals surface area contributed by atoms with Gasteiger partial charge < -0.3 is 10.2 Å². The molecule has 2 aromatic rings. The maximum atomic E-state index is 13.1. The standard InChI is InChI=1S/C23H28ClN3O3S/c1-16(18-7-6-17-4-3-5-19(17)14-18)25-23(28)20-8-9-21(24)22(15-20)31(29,30)27-12-10-26(2)11-13-27/h6-9,14-16H,3-5,10-13H2,1-2H3,(H,25,28)/t16-/m0/s1. The summed E-state index contributed by atoms with van der Waals surface area (Å²) < 4.78 is 27.7. The molecule has 2 aromatic carbocycles. The summed E-state index contributed by atoms with van der Waals surface area (Å²) in [5, 5.41) is 3.12. The monoisotopic (exact) mass is 461 g/mol. The fraction of sp³-hybridized carbons (Fsp3) is 0.435. The van der Waals surface area contributed by atoms with E-state index in [9.17, 15) is 13.2 Å². The molecule has 0 bridgehead atoms. The third-order valence-electron chi connectivity index (χ3n) is 6.24. The first kappa shape index (κ1) is 22.3. The Bertz CT molecular complexity index is 1100. The lowest BCUT2D eigenvalue weighted by molar-refractivity contribution is 0.0939. The molecule has 0 aromatic heterocycles. The first-order valence-corrected chi connectivity index (χ1v) is 12.5. The van der Waals surface area contributed by atoms with Crippen LogP contribution in [0.1, 0.15) is 46.4 Å². The number of likely N-dealkylation sites (N-methyl/N-ethyl adjacent to an activating group) is 1. The van der Waals surface area contributed by atoms with Crippen molar-refractivity contribution in [3.05, 3.63) is 63.7 Å². The van der Waals surface area contributed by atoms with E-state index in [0.29, 0.717) is 26.2 Å². The van der Waals surface area contributed by atoms with Gasteiger partial charge in [0.15, 0.2) is 0 Å². The Labute approximate surface area is 189 Å². The Hall–Kier alpha value is -1.93. The van der Waals surface area contributed by atoms with Crippen molar-refractivity contribution < 1.29 is 13.2 Å². The minimum absolute atomic E-state index is 0.0171. The smallest absolute Gasteiger partial charge is 0.251 e. The van der Waals surface area contributed by atoms with Gasteiger partial charge in [0.05, 0.1) is 11.1 Å². The van der Waals surface area contributed by atoms with Gasteiger partial charge in [-0.3, -0.25) is 4.79 Å². The van der Waals surface area contributed by atoms with Crippen LogP contribution in [0.4, 0.5) is 0 Å². The molecule has 1 aliphatic carbocycles. The molecule has 0 radical (unpaired) electrons. The van der Waals surface area contributed by atoms with Crippen LogP contribution >= 0.6 is 11.6 Å². The average Bonchev–Trinajstić information content (AvgIpc) is 3.22. The van der Waals surface area contributed by atoms with E-state index in [1.807, 2.05) is 14.0 Å². The summed E-state index contributed by atoms with van der Waals surface area (Å²) in [5.41, 5.74) is 4.07. The summed E-state index contributed by atoms with van der Waals surface area (Å²) >= 11 is 6.24. The van der Waals surface area contributed by atoms with Crippen molar-refractivity contribution >= 4 is 27.5 Å². The highest BCUT2D eigenvalue weighted by molar-refractivity contribution is 7.89. The number of sulfonamides is 1. The highest BCUT2D eigenvalue weighted by Gasteiger charge is 2.30. The predicted octanol–water partition coefficient (Wildman–Crippen LogP) is 3.26. The van der Waals surface area contributed by atoms with Crippen molar-refractivity contribution in [2.24, 2.45) is 0 Å². The van der Waals surface area contributed by atoms with E-state index in [4.69, 9.17) is 11.6 Å². The van der Waals surface area contributed by atoms with Gasteiger partial charge in [-0.25, -0.2) is 8.42 Å². The third kappa shape index (κ3) is 4.65. The second-order valence-electron chi connectivity index (χ2n) is 8.43. The molecule has 0 saturated carbocycles. The van der Waals surface area contributed by atoms with Crippen LogP contribution in [0.25, 0.3) is 0 Å². The number of amides is 1. The molecule has 31 heavy (non-hydrogen) atoms. The minimum Gasteiger partial charge on any atom is -0.346 e. The Morgan fingerprint density at radius 1 is 1.03 bits per heavy atom. The molecule has 1 N–H and O–H groups in total. The largest absolute Gasteiger partial charge is 0.346 e. The topological polar surface area (TPSA) is 69.7 Å². The quantitative estimate of drug-likeness (QED) is 0.742. The van der Waals surface area contributed by atoms with Crippen molar-refractivity contribution in [1.82, 2.24) is 14.5 Å². The number of nitrogens with zero attached hydrogens (tertiary/aromatic N) is 2. The van der Waals surface area contributed by atoms with Gasteiger partial charge in [-0.2, -0.15) is 4.31 Å². The van der Waals surface area contributed by atoms with Gasteiger partial charge in [0.25, 0.3) is 5.91 Å². The van der Waals surface area contributed by atoms with Gasteiger partial charge in [-0.15, -0.1) is 0 Å². The van der Waals surface area contributed by atoms with Gasteiger partial charge in [0.2, 0.25) is 10.0 Å². The maximum absolute atomic E-state index is 13.1. The molecule has 0 unspecified atom stereocenters. The number of hydrogen-bond donors (Lipinski definition) is 1. The van der Waals surface area contributed by atoms with Crippen LogP contribution in [-0.2, 0) is 22.9 Å². The van der Waals surface area contributed by atoms with E-state index in [-0.39, 0.29) is 27.4 Å². The maximum Gasteiger partial charge on any atom is 0.251 e. The summed E-state index contributed by atoms with van der Waals surface area (Å²) in [6, 6.07) is 10.6. The molecular weight excluding hydrogens is 434 g/mol. The van der Waals surface area contributed by atoms with E-state index in [1.165, 1.54) is 34.0 Å². The van der Waals surface area contributed by atoms with Gasteiger partial charge in [0, 0.05) is 31.7 Å². The summed E-state index contributed by atoms with van der Waals surface area (Å²) in [6.45, 7) is 4.07. The lowest BCUT2D eigenvalue weighted by atomic mass is 10.0. The summed E-state index contributed by atoms with van der Waals surface area (Å²) in [7, 11) is -1.80. The number of fused-ring (bicyclic) bond motifs is 1. The fourth-order valence-corrected chi connectivity index (χ4v) is 6.16. The molecule has 166 valence electrons. The van der Waals surface area contributed by atoms with Crippen molar-refractivity contribution in [2.75, 3.05) is 33.2 Å². The zero-order valence-electron chi connectivity index (χ0n) is 17.9. The van der Waals surface area contributed by atoms with Gasteiger partial charge >= 0.3 is 0 Å². The number of halogens is 1. The Morgan fingerprint density at radius 3 is 2.48 bits per heavy atom. The van der Waals surface area contributed by atoms with Crippen molar-refractivity contribution in [1.29, 1.82) is 0 Å². The molecule has 2 aliphatic rings. The predicted molar refractivity (Wildman–Crippen MR) is 122 cm³/mol. The van der Waals surface area contributed by atoms with Crippen LogP contribution in [0.5, 0.6) is 0 Å². The van der Waals surface area contributed by atoms with Crippen LogP contribution < -0.4 is 5.32 Å². The number of carbonyl (C=O) groups is 1. The molecule has 0 spiro atoms. The highest BCUT2D eigenvalue weighted by Crippen LogP contribution is 2.28. The summed E-state index contributed by atoms with van der Waals surface area (Å²) in [5.74, 6) is -0.320. The highest BCUT2D eigenvalue weighted by atomic mass is 35.5. The zero-order chi connectivity index (χ0) is 22.2. The van der Waals surface area contributed by atoms with Crippen LogP contribution in [0.2, 0.25) is 5.02 Å². The second-order valence-corrected chi connectivity index (χ2v) is 10.7. The van der Waals surface area contributed by atoms with Crippen molar-refractivity contribution in [3.8, 4) is 0 Å². The van der Waals surface area contributed by atoms with Crippen LogP contribution in [-0.4, -0.2) is 56.8 Å². The molecule has 8 heteroatoms. The molecule has 1 atom stereocenters. The Balaban J connectivity index is 1.52. The Morgan fingerprint density at radius 2 is 1.74 bits per heavy atom. The molecular formula is C23H28ClN3O3S. The summed E-state index contributed by atoms with van der Waals surface area (Å²) in [4.78, 5) is 15.0. The molecule has 4 rings (SSSR count). The van der Waals surface area contributed by atoms with Crippen LogP contribution in [0, 0.1) is 0 Å². The summed E-state index contributed by atoms with van der Waals surface area (Å²) in [6.07, 6.45) is 3.37. The van der Waals surface area contributed by atoms with E-state index in [0.717, 1.165) is 18.4 Å². The van der Waals surface area contributed by atoms with Crippen molar-refractivity contribution in [3.63, 3.8) is 0 Å².